The molecule has 3 aromatic heterocycles. The lowest BCUT2D eigenvalue weighted by Crippen LogP contribution is -2.36. The van der Waals surface area contributed by atoms with E-state index in [4.69, 9.17) is 22.1 Å². The Hall–Kier alpha value is -2.13. The zero-order valence-electron chi connectivity index (χ0n) is 13.2. The maximum Gasteiger partial charge on any atom is 0.293 e. The minimum Gasteiger partial charge on any atom is -0.617 e. The van der Waals surface area contributed by atoms with Gasteiger partial charge in [-0.05, 0) is 41.4 Å². The van der Waals surface area contributed by atoms with Gasteiger partial charge in [-0.3, -0.25) is 0 Å². The maximum atomic E-state index is 12.5. The van der Waals surface area contributed by atoms with Gasteiger partial charge in [-0.15, -0.1) is 0 Å². The molecule has 0 unspecified atom stereocenters. The second-order valence-electron chi connectivity index (χ2n) is 5.23. The number of rotatable bonds is 3. The molecule has 3 rings (SSSR count). The van der Waals surface area contributed by atoms with Crippen molar-refractivity contribution in [3.8, 4) is 5.75 Å². The van der Waals surface area contributed by atoms with Crippen LogP contribution in [0.5, 0.6) is 5.75 Å². The van der Waals surface area contributed by atoms with Crippen LogP contribution in [-0.2, 0) is 6.54 Å². The SMILES string of the molecule is COc1c(C)c(Cl)[n+]([O-])c(Cn2cnc3c(Br)nc(N)nc32)c1C. The first-order valence-corrected chi connectivity index (χ1v) is 8.11. The molecule has 3 aromatic rings. The van der Waals surface area contributed by atoms with Crippen LogP contribution in [0.4, 0.5) is 5.95 Å². The number of methoxy groups -OCH3 is 1. The van der Waals surface area contributed by atoms with E-state index in [2.05, 4.69) is 30.9 Å². The van der Waals surface area contributed by atoms with E-state index in [1.54, 1.807) is 24.9 Å². The Bertz CT molecular complexity index is 959. The third-order valence-corrected chi connectivity index (χ3v) is 4.80. The molecule has 0 saturated heterocycles. The highest BCUT2D eigenvalue weighted by Gasteiger charge is 2.24. The number of fused-ring (bicyclic) bond motifs is 1. The smallest absolute Gasteiger partial charge is 0.293 e. The van der Waals surface area contributed by atoms with E-state index in [1.165, 1.54) is 0 Å². The molecule has 126 valence electrons. The largest absolute Gasteiger partial charge is 0.617 e. The van der Waals surface area contributed by atoms with Crippen LogP contribution in [-0.4, -0.2) is 26.6 Å². The first-order chi connectivity index (χ1) is 11.3. The number of ether oxygens (including phenoxy) is 1. The molecule has 0 bridgehead atoms. The Morgan fingerprint density at radius 2 is 2.08 bits per heavy atom. The molecule has 10 heteroatoms. The minimum atomic E-state index is 0.0761. The lowest BCUT2D eigenvalue weighted by Gasteiger charge is -2.15. The van der Waals surface area contributed by atoms with Gasteiger partial charge in [-0.25, -0.2) is 9.97 Å². The topological polar surface area (TPSA) is 106 Å². The van der Waals surface area contributed by atoms with Crippen LogP contribution in [0.3, 0.4) is 0 Å². The molecule has 0 aliphatic carbocycles. The molecule has 0 fully saturated rings. The Balaban J connectivity index is 2.18. The number of pyridine rings is 1. The van der Waals surface area contributed by atoms with Crippen molar-refractivity contribution in [3.63, 3.8) is 0 Å². The fraction of sp³-hybridized carbons (Fsp3) is 0.286. The van der Waals surface area contributed by atoms with E-state index in [0.29, 0.717) is 43.1 Å². The second kappa shape index (κ2) is 6.06. The molecule has 8 nitrogen and oxygen atoms in total. The minimum absolute atomic E-state index is 0.0761. The van der Waals surface area contributed by atoms with Crippen LogP contribution >= 0.6 is 27.5 Å². The number of anilines is 1. The molecule has 0 aromatic carbocycles. The summed E-state index contributed by atoms with van der Waals surface area (Å²) >= 11 is 9.44. The number of nitrogen functional groups attached to an aromatic ring is 1. The highest BCUT2D eigenvalue weighted by molar-refractivity contribution is 9.10. The van der Waals surface area contributed by atoms with Crippen LogP contribution in [0, 0.1) is 19.1 Å². The van der Waals surface area contributed by atoms with Gasteiger partial charge in [-0.1, -0.05) is 0 Å². The Kier molecular flexibility index (Phi) is 4.22. The molecule has 0 radical (unpaired) electrons. The van der Waals surface area contributed by atoms with Crippen LogP contribution < -0.4 is 15.2 Å². The second-order valence-corrected chi connectivity index (χ2v) is 6.34. The van der Waals surface area contributed by atoms with Crippen LogP contribution in [0.1, 0.15) is 16.8 Å². The summed E-state index contributed by atoms with van der Waals surface area (Å²) in [6.45, 7) is 3.76. The van der Waals surface area contributed by atoms with Gasteiger partial charge in [0, 0.05) is 0 Å². The average molecular weight is 414 g/mol. The molecule has 0 saturated carbocycles. The number of hydrogen-bond acceptors (Lipinski definition) is 6. The van der Waals surface area contributed by atoms with Gasteiger partial charge in [0.15, 0.2) is 5.65 Å². The van der Waals surface area contributed by atoms with Gasteiger partial charge in [0.25, 0.3) is 5.15 Å². The maximum absolute atomic E-state index is 12.5. The summed E-state index contributed by atoms with van der Waals surface area (Å²) in [5, 5.41) is 12.6. The molecule has 24 heavy (non-hydrogen) atoms. The van der Waals surface area contributed by atoms with Crippen molar-refractivity contribution in [3.05, 3.63) is 38.1 Å². The number of nitrogens with two attached hydrogens (primary N) is 1. The predicted octanol–water partition coefficient (Wildman–Crippen LogP) is 2.13. The number of aromatic nitrogens is 5. The predicted molar refractivity (Wildman–Crippen MR) is 93.0 cm³/mol. The molecule has 0 amide bonds. The van der Waals surface area contributed by atoms with Crippen molar-refractivity contribution in [2.75, 3.05) is 12.8 Å². The fourth-order valence-electron chi connectivity index (χ4n) is 2.62. The molecule has 0 atom stereocenters. The third-order valence-electron chi connectivity index (χ3n) is 3.81. The summed E-state index contributed by atoms with van der Waals surface area (Å²) in [5.74, 6) is 0.698. The zero-order valence-corrected chi connectivity index (χ0v) is 15.5. The number of halogens is 2. The summed E-state index contributed by atoms with van der Waals surface area (Å²) < 4.78 is 8.28. The van der Waals surface area contributed by atoms with Crippen LogP contribution in [0.2, 0.25) is 5.15 Å². The highest BCUT2D eigenvalue weighted by atomic mass is 79.9. The summed E-state index contributed by atoms with van der Waals surface area (Å²) in [6, 6.07) is 0. The lowest BCUT2D eigenvalue weighted by atomic mass is 10.1. The van der Waals surface area contributed by atoms with Gasteiger partial charge < -0.3 is 20.2 Å². The monoisotopic (exact) mass is 412 g/mol. The number of imidazole rings is 1. The van der Waals surface area contributed by atoms with E-state index < -0.39 is 0 Å². The van der Waals surface area contributed by atoms with E-state index in [1.807, 2.05) is 6.92 Å². The van der Waals surface area contributed by atoms with Crippen molar-refractivity contribution >= 4 is 44.6 Å². The van der Waals surface area contributed by atoms with Crippen molar-refractivity contribution in [2.24, 2.45) is 0 Å². The summed E-state index contributed by atoms with van der Waals surface area (Å²) in [5.41, 5.74) is 8.52. The summed E-state index contributed by atoms with van der Waals surface area (Å²) in [6.07, 6.45) is 1.57. The molecular weight excluding hydrogens is 400 g/mol. The lowest BCUT2D eigenvalue weighted by molar-refractivity contribution is -0.612. The molecular formula is C14H14BrClN6O2. The van der Waals surface area contributed by atoms with Crippen molar-refractivity contribution in [2.45, 2.75) is 20.4 Å². The average Bonchev–Trinajstić information content (AvgIpc) is 2.93. The van der Waals surface area contributed by atoms with Gasteiger partial charge >= 0.3 is 0 Å². The molecule has 0 aliphatic rings. The van der Waals surface area contributed by atoms with Crippen molar-refractivity contribution < 1.29 is 9.47 Å². The standard InChI is InChI=1S/C14H14BrClN6O2/c1-6-8(22(23)12(16)7(2)10(6)24-3)4-21-5-18-9-11(15)19-14(17)20-13(9)21/h5H,4H2,1-3H3,(H2,17,19,20). The molecule has 3 heterocycles. The van der Waals surface area contributed by atoms with E-state index >= 15 is 0 Å². The Morgan fingerprint density at radius 1 is 1.38 bits per heavy atom. The van der Waals surface area contributed by atoms with Crippen LogP contribution in [0.25, 0.3) is 11.2 Å². The molecule has 0 spiro atoms. The Morgan fingerprint density at radius 3 is 2.75 bits per heavy atom. The van der Waals surface area contributed by atoms with Crippen molar-refractivity contribution in [1.29, 1.82) is 0 Å². The number of hydrogen-bond donors (Lipinski definition) is 1. The van der Waals surface area contributed by atoms with Gasteiger partial charge in [0.2, 0.25) is 11.6 Å². The zero-order chi connectivity index (χ0) is 17.6. The van der Waals surface area contributed by atoms with E-state index in [9.17, 15) is 5.21 Å². The normalized spacial score (nSPS) is 11.2. The van der Waals surface area contributed by atoms with E-state index in [-0.39, 0.29) is 17.6 Å². The van der Waals surface area contributed by atoms with Crippen LogP contribution in [0.15, 0.2) is 10.9 Å². The van der Waals surface area contributed by atoms with Gasteiger partial charge in [0.1, 0.15) is 22.4 Å². The van der Waals surface area contributed by atoms with E-state index in [0.717, 1.165) is 0 Å². The number of nitrogens with zero attached hydrogens (tertiary/aromatic N) is 5. The molecule has 0 aliphatic heterocycles. The summed E-state index contributed by atoms with van der Waals surface area (Å²) in [7, 11) is 1.54. The molecule has 2 N–H and O–H groups in total. The quantitative estimate of drug-likeness (QED) is 0.305. The summed E-state index contributed by atoms with van der Waals surface area (Å²) in [4.78, 5) is 12.5. The first kappa shape index (κ1) is 16.7. The fourth-order valence-corrected chi connectivity index (χ4v) is 3.27. The van der Waals surface area contributed by atoms with Gasteiger partial charge in [0.05, 0.1) is 24.6 Å². The first-order valence-electron chi connectivity index (χ1n) is 6.94. The highest BCUT2D eigenvalue weighted by Crippen LogP contribution is 2.29. The van der Waals surface area contributed by atoms with Crippen molar-refractivity contribution in [1.82, 2.24) is 19.5 Å². The third kappa shape index (κ3) is 2.53. The van der Waals surface area contributed by atoms with Gasteiger partial charge in [-0.2, -0.15) is 9.71 Å². The Labute approximate surface area is 151 Å².